The molecule has 186 valence electrons. The maximum Gasteiger partial charge on any atom is 0.163 e. The van der Waals surface area contributed by atoms with Crippen LogP contribution in [-0.4, -0.2) is 78.2 Å². The second-order valence-corrected chi connectivity index (χ2v) is 8.88. The number of nitrogens with zero attached hydrogens (tertiary/aromatic N) is 5. The Bertz CT molecular complexity index is 1360. The number of anilines is 1. The number of piperazine rings is 1. The molecule has 5 rings (SSSR count). The summed E-state index contributed by atoms with van der Waals surface area (Å²) >= 11 is 0. The van der Waals surface area contributed by atoms with E-state index in [0.29, 0.717) is 40.5 Å². The first-order valence-corrected chi connectivity index (χ1v) is 11.9. The number of nitrogens with one attached hydrogen (secondary N) is 1. The summed E-state index contributed by atoms with van der Waals surface area (Å²) in [5.74, 6) is 0.512. The molecule has 0 aliphatic carbocycles. The average Bonchev–Trinajstić information content (AvgIpc) is 2.91. The Labute approximate surface area is 208 Å². The molecule has 2 aromatic carbocycles. The summed E-state index contributed by atoms with van der Waals surface area (Å²) in [5.41, 5.74) is 1.99. The van der Waals surface area contributed by atoms with Crippen molar-refractivity contribution in [1.29, 1.82) is 0 Å². The number of hydrogen-bond acceptors (Lipinski definition) is 7. The lowest BCUT2D eigenvalue weighted by Crippen LogP contribution is -2.45. The van der Waals surface area contributed by atoms with Gasteiger partial charge in [-0.3, -0.25) is 9.88 Å². The molecular formula is C27H28F2N6O. The third kappa shape index (κ3) is 5.12. The normalized spacial score (nSPS) is 14.8. The van der Waals surface area contributed by atoms with Crippen molar-refractivity contribution >= 4 is 16.7 Å². The van der Waals surface area contributed by atoms with Crippen LogP contribution in [0.1, 0.15) is 0 Å². The van der Waals surface area contributed by atoms with Crippen molar-refractivity contribution in [3.05, 3.63) is 66.5 Å². The van der Waals surface area contributed by atoms with Crippen molar-refractivity contribution in [2.24, 2.45) is 0 Å². The van der Waals surface area contributed by atoms with Crippen LogP contribution in [0.4, 0.5) is 14.6 Å². The van der Waals surface area contributed by atoms with E-state index in [1.54, 1.807) is 31.6 Å². The summed E-state index contributed by atoms with van der Waals surface area (Å²) in [4.78, 5) is 18.3. The molecule has 1 saturated heterocycles. The van der Waals surface area contributed by atoms with Crippen LogP contribution >= 0.6 is 0 Å². The molecule has 0 atom stereocenters. The molecule has 2 aromatic heterocycles. The predicted molar refractivity (Wildman–Crippen MR) is 137 cm³/mol. The molecule has 4 aromatic rings. The highest BCUT2D eigenvalue weighted by molar-refractivity contribution is 5.97. The number of hydrogen-bond donors (Lipinski definition) is 1. The molecule has 1 aliphatic rings. The lowest BCUT2D eigenvalue weighted by atomic mass is 10.0. The van der Waals surface area contributed by atoms with E-state index in [-0.39, 0.29) is 5.56 Å². The van der Waals surface area contributed by atoms with Crippen molar-refractivity contribution in [2.45, 2.75) is 0 Å². The van der Waals surface area contributed by atoms with Gasteiger partial charge in [0.25, 0.3) is 0 Å². The Balaban J connectivity index is 1.57. The highest BCUT2D eigenvalue weighted by Gasteiger charge is 2.18. The Kier molecular flexibility index (Phi) is 7.02. The molecule has 1 N–H and O–H groups in total. The third-order valence-corrected chi connectivity index (χ3v) is 6.42. The zero-order chi connectivity index (χ0) is 25.1. The van der Waals surface area contributed by atoms with Gasteiger partial charge in [-0.05, 0) is 55.1 Å². The monoisotopic (exact) mass is 490 g/mol. The summed E-state index contributed by atoms with van der Waals surface area (Å²) in [6.07, 6.45) is 3.39. The van der Waals surface area contributed by atoms with Gasteiger partial charge in [-0.2, -0.15) is 0 Å². The van der Waals surface area contributed by atoms with E-state index in [0.717, 1.165) is 50.4 Å². The van der Waals surface area contributed by atoms with E-state index in [2.05, 4.69) is 32.1 Å². The summed E-state index contributed by atoms with van der Waals surface area (Å²) in [6.45, 7) is 5.19. The van der Waals surface area contributed by atoms with Crippen molar-refractivity contribution in [1.82, 2.24) is 24.8 Å². The van der Waals surface area contributed by atoms with Gasteiger partial charge >= 0.3 is 0 Å². The smallest absolute Gasteiger partial charge is 0.163 e. The molecule has 1 aliphatic heterocycles. The fourth-order valence-electron chi connectivity index (χ4n) is 4.36. The zero-order valence-electron chi connectivity index (χ0n) is 20.3. The zero-order valence-corrected chi connectivity index (χ0v) is 20.3. The molecule has 0 unspecified atom stereocenters. The van der Waals surface area contributed by atoms with Crippen LogP contribution in [0.2, 0.25) is 0 Å². The molecule has 0 radical (unpaired) electrons. The molecule has 36 heavy (non-hydrogen) atoms. The van der Waals surface area contributed by atoms with Gasteiger partial charge in [0.05, 0.1) is 0 Å². The quantitative estimate of drug-likeness (QED) is 0.414. The first-order chi connectivity index (χ1) is 17.5. The van der Waals surface area contributed by atoms with Gasteiger partial charge < -0.3 is 15.0 Å². The van der Waals surface area contributed by atoms with Crippen LogP contribution in [0, 0.1) is 11.6 Å². The minimum Gasteiger partial charge on any atom is -0.490 e. The van der Waals surface area contributed by atoms with Crippen molar-refractivity contribution in [3.63, 3.8) is 0 Å². The topological polar surface area (TPSA) is 66.4 Å². The molecule has 0 spiro atoms. The lowest BCUT2D eigenvalue weighted by Gasteiger charge is -2.32. The average molecular weight is 491 g/mol. The maximum atomic E-state index is 14.7. The van der Waals surface area contributed by atoms with E-state index in [1.807, 2.05) is 12.1 Å². The van der Waals surface area contributed by atoms with Gasteiger partial charge in [-0.15, -0.1) is 0 Å². The second kappa shape index (κ2) is 10.5. The van der Waals surface area contributed by atoms with Gasteiger partial charge in [-0.25, -0.2) is 18.7 Å². The third-order valence-electron chi connectivity index (χ3n) is 6.42. The van der Waals surface area contributed by atoms with E-state index >= 15 is 0 Å². The molecule has 0 amide bonds. The maximum absolute atomic E-state index is 14.7. The molecule has 1 fully saturated rings. The van der Waals surface area contributed by atoms with Crippen molar-refractivity contribution in [2.75, 3.05) is 58.7 Å². The highest BCUT2D eigenvalue weighted by atomic mass is 19.1. The number of benzene rings is 2. The van der Waals surface area contributed by atoms with Gasteiger partial charge in [0.1, 0.15) is 35.3 Å². The Morgan fingerprint density at radius 2 is 1.83 bits per heavy atom. The van der Waals surface area contributed by atoms with Crippen LogP contribution in [-0.2, 0) is 0 Å². The molecule has 7 nitrogen and oxygen atoms in total. The summed E-state index contributed by atoms with van der Waals surface area (Å²) < 4.78 is 35.0. The van der Waals surface area contributed by atoms with Crippen molar-refractivity contribution in [3.8, 4) is 28.3 Å². The number of fused-ring (bicyclic) bond motifs is 1. The van der Waals surface area contributed by atoms with Gasteiger partial charge in [-0.1, -0.05) is 0 Å². The van der Waals surface area contributed by atoms with Gasteiger partial charge in [0.2, 0.25) is 0 Å². The van der Waals surface area contributed by atoms with Crippen LogP contribution in [0.15, 0.2) is 54.9 Å². The summed E-state index contributed by atoms with van der Waals surface area (Å²) in [5, 5.41) is 3.77. The number of pyridine rings is 1. The SMILES string of the molecule is CNc1nc(-c2cccnc2)nc2c(OCCN3CCN(C)CC3)cc(-c3cc(F)ccc3F)cc12. The number of halogens is 2. The Hall–Kier alpha value is -3.69. The number of aromatic nitrogens is 3. The Morgan fingerprint density at radius 1 is 1.00 bits per heavy atom. The summed E-state index contributed by atoms with van der Waals surface area (Å²) in [6, 6.07) is 10.6. The number of rotatable bonds is 7. The highest BCUT2D eigenvalue weighted by Crippen LogP contribution is 2.37. The first-order valence-electron chi connectivity index (χ1n) is 11.9. The predicted octanol–water partition coefficient (Wildman–Crippen LogP) is 4.30. The molecule has 0 saturated carbocycles. The van der Waals surface area contributed by atoms with Crippen LogP contribution < -0.4 is 10.1 Å². The number of likely N-dealkylation sites (N-methyl/N-ethyl adjacent to an activating group) is 1. The van der Waals surface area contributed by atoms with Crippen LogP contribution in [0.5, 0.6) is 5.75 Å². The standard InChI is InChI=1S/C27H28F2N6O/c1-30-27-22-14-19(21-16-20(28)5-6-23(21)29)15-24(36-13-12-35-10-8-34(2)9-11-35)25(22)32-26(33-27)18-4-3-7-31-17-18/h3-7,14-17H,8-13H2,1-2H3,(H,30,32,33). The lowest BCUT2D eigenvalue weighted by molar-refractivity contribution is 0.134. The van der Waals surface area contributed by atoms with E-state index in [4.69, 9.17) is 9.72 Å². The molecule has 3 heterocycles. The molecule has 0 bridgehead atoms. The van der Waals surface area contributed by atoms with E-state index < -0.39 is 11.6 Å². The second-order valence-electron chi connectivity index (χ2n) is 8.88. The largest absolute Gasteiger partial charge is 0.490 e. The fraction of sp³-hybridized carbons (Fsp3) is 0.296. The minimum absolute atomic E-state index is 0.152. The molecule has 9 heteroatoms. The van der Waals surface area contributed by atoms with E-state index in [9.17, 15) is 8.78 Å². The first kappa shape index (κ1) is 24.0. The van der Waals surface area contributed by atoms with Gasteiger partial charge in [0, 0.05) is 68.7 Å². The van der Waals surface area contributed by atoms with E-state index in [1.165, 1.54) is 6.07 Å². The van der Waals surface area contributed by atoms with Crippen LogP contribution in [0.3, 0.4) is 0 Å². The minimum atomic E-state index is -0.516. The van der Waals surface area contributed by atoms with Crippen LogP contribution in [0.25, 0.3) is 33.4 Å². The fourth-order valence-corrected chi connectivity index (χ4v) is 4.36. The summed E-state index contributed by atoms with van der Waals surface area (Å²) in [7, 11) is 3.88. The van der Waals surface area contributed by atoms with Crippen molar-refractivity contribution < 1.29 is 13.5 Å². The Morgan fingerprint density at radius 3 is 2.58 bits per heavy atom. The molecular weight excluding hydrogens is 462 g/mol. The number of ether oxygens (including phenoxy) is 1. The van der Waals surface area contributed by atoms with Gasteiger partial charge in [0.15, 0.2) is 5.82 Å².